The SMILES string of the molecule is Nc1cc(Cl)cc(NC(=O)c2cc(N3CCCC3=O)cs2)c1. The number of anilines is 3. The molecule has 0 bridgehead atoms. The van der Waals surface area contributed by atoms with E-state index in [0.717, 1.165) is 12.1 Å². The lowest BCUT2D eigenvalue weighted by molar-refractivity contribution is -0.117. The number of nitrogens with two attached hydrogens (primary N) is 1. The molecule has 2 amide bonds. The summed E-state index contributed by atoms with van der Waals surface area (Å²) >= 11 is 7.22. The molecule has 0 radical (unpaired) electrons. The monoisotopic (exact) mass is 335 g/mol. The Labute approximate surface area is 136 Å². The van der Waals surface area contributed by atoms with Crippen LogP contribution in [0.5, 0.6) is 0 Å². The Balaban J connectivity index is 1.75. The number of benzene rings is 1. The molecule has 0 aliphatic carbocycles. The Hall–Kier alpha value is -2.05. The Morgan fingerprint density at radius 2 is 2.14 bits per heavy atom. The van der Waals surface area contributed by atoms with E-state index in [9.17, 15) is 9.59 Å². The number of thiophene rings is 1. The molecule has 0 spiro atoms. The van der Waals surface area contributed by atoms with Crippen LogP contribution in [0.2, 0.25) is 5.02 Å². The van der Waals surface area contributed by atoms with Crippen molar-refractivity contribution < 1.29 is 9.59 Å². The molecule has 5 nitrogen and oxygen atoms in total. The van der Waals surface area contributed by atoms with Crippen LogP contribution in [0.4, 0.5) is 17.1 Å². The molecule has 0 unspecified atom stereocenters. The lowest BCUT2D eigenvalue weighted by Crippen LogP contribution is -2.23. The van der Waals surface area contributed by atoms with Crippen LogP contribution in [-0.2, 0) is 4.79 Å². The van der Waals surface area contributed by atoms with E-state index < -0.39 is 0 Å². The predicted octanol–water partition coefficient (Wildman–Crippen LogP) is 3.36. The van der Waals surface area contributed by atoms with Gasteiger partial charge < -0.3 is 16.0 Å². The van der Waals surface area contributed by atoms with Crippen LogP contribution in [0.1, 0.15) is 22.5 Å². The van der Waals surface area contributed by atoms with Crippen molar-refractivity contribution >= 4 is 51.8 Å². The van der Waals surface area contributed by atoms with Crippen molar-refractivity contribution in [2.75, 3.05) is 22.5 Å². The maximum Gasteiger partial charge on any atom is 0.265 e. The second-order valence-corrected chi connectivity index (χ2v) is 6.39. The predicted molar refractivity (Wildman–Crippen MR) is 89.7 cm³/mol. The molecule has 2 heterocycles. The molecule has 2 aromatic rings. The molecule has 1 aliphatic heterocycles. The van der Waals surface area contributed by atoms with Crippen LogP contribution in [0.15, 0.2) is 29.6 Å². The Morgan fingerprint density at radius 3 is 2.82 bits per heavy atom. The minimum absolute atomic E-state index is 0.104. The molecule has 1 aliphatic rings. The second-order valence-electron chi connectivity index (χ2n) is 5.05. The summed E-state index contributed by atoms with van der Waals surface area (Å²) in [6.07, 6.45) is 1.43. The minimum Gasteiger partial charge on any atom is -0.399 e. The number of hydrogen-bond acceptors (Lipinski definition) is 4. The number of nitrogens with zero attached hydrogens (tertiary/aromatic N) is 1. The molecule has 1 fully saturated rings. The average Bonchev–Trinajstić information content (AvgIpc) is 3.05. The van der Waals surface area contributed by atoms with E-state index in [1.807, 2.05) is 5.38 Å². The van der Waals surface area contributed by atoms with E-state index in [1.54, 1.807) is 29.2 Å². The zero-order valence-electron chi connectivity index (χ0n) is 11.6. The molecule has 0 atom stereocenters. The summed E-state index contributed by atoms with van der Waals surface area (Å²) in [7, 11) is 0. The van der Waals surface area contributed by atoms with Gasteiger partial charge in [-0.2, -0.15) is 0 Å². The number of carbonyl (C=O) groups is 2. The molecule has 3 N–H and O–H groups in total. The standard InChI is InChI=1S/C15H14ClN3O2S/c16-9-4-10(17)6-11(5-9)18-15(21)13-7-12(8-22-13)19-3-1-2-14(19)20/h4-8H,1-3,17H2,(H,18,21). The van der Waals surface area contributed by atoms with Gasteiger partial charge in [-0.05, 0) is 30.7 Å². The van der Waals surface area contributed by atoms with Gasteiger partial charge in [-0.15, -0.1) is 11.3 Å². The molecule has 3 rings (SSSR count). The lowest BCUT2D eigenvalue weighted by Gasteiger charge is -2.12. The number of nitrogens with one attached hydrogen (secondary N) is 1. The largest absolute Gasteiger partial charge is 0.399 e. The van der Waals surface area contributed by atoms with E-state index >= 15 is 0 Å². The summed E-state index contributed by atoms with van der Waals surface area (Å²) < 4.78 is 0. The highest BCUT2D eigenvalue weighted by Crippen LogP contribution is 2.28. The molecule has 1 aromatic heterocycles. The van der Waals surface area contributed by atoms with Crippen molar-refractivity contribution in [3.05, 3.63) is 39.5 Å². The van der Waals surface area contributed by atoms with Crippen molar-refractivity contribution in [3.63, 3.8) is 0 Å². The highest BCUT2D eigenvalue weighted by atomic mass is 35.5. The maximum absolute atomic E-state index is 12.3. The van der Waals surface area contributed by atoms with Gasteiger partial charge in [0.1, 0.15) is 0 Å². The molecule has 22 heavy (non-hydrogen) atoms. The zero-order chi connectivity index (χ0) is 15.7. The fourth-order valence-electron chi connectivity index (χ4n) is 2.39. The normalized spacial score (nSPS) is 14.4. The summed E-state index contributed by atoms with van der Waals surface area (Å²) in [6.45, 7) is 0.710. The molecule has 1 saturated heterocycles. The second kappa shape index (κ2) is 5.98. The number of nitrogen functional groups attached to an aromatic ring is 1. The van der Waals surface area contributed by atoms with Crippen LogP contribution in [0.25, 0.3) is 0 Å². The van der Waals surface area contributed by atoms with Gasteiger partial charge in [0.2, 0.25) is 5.91 Å². The van der Waals surface area contributed by atoms with Gasteiger partial charge in [0.25, 0.3) is 5.91 Å². The van der Waals surface area contributed by atoms with E-state index in [2.05, 4.69) is 5.32 Å². The smallest absolute Gasteiger partial charge is 0.265 e. The fourth-order valence-corrected chi connectivity index (χ4v) is 3.42. The van der Waals surface area contributed by atoms with Crippen LogP contribution in [0, 0.1) is 0 Å². The van der Waals surface area contributed by atoms with Crippen LogP contribution in [0.3, 0.4) is 0 Å². The molecule has 1 aromatic carbocycles. The third-order valence-corrected chi connectivity index (χ3v) is 4.51. The first-order chi connectivity index (χ1) is 10.5. The number of carbonyl (C=O) groups excluding carboxylic acids is 2. The van der Waals surface area contributed by atoms with Gasteiger partial charge >= 0.3 is 0 Å². The van der Waals surface area contributed by atoms with Crippen molar-refractivity contribution in [2.45, 2.75) is 12.8 Å². The van der Waals surface area contributed by atoms with Gasteiger partial charge in [-0.3, -0.25) is 9.59 Å². The Morgan fingerprint density at radius 1 is 1.32 bits per heavy atom. The number of amides is 2. The third-order valence-electron chi connectivity index (χ3n) is 3.37. The average molecular weight is 336 g/mol. The van der Waals surface area contributed by atoms with Crippen molar-refractivity contribution in [1.82, 2.24) is 0 Å². The first-order valence-corrected chi connectivity index (χ1v) is 8.05. The maximum atomic E-state index is 12.3. The summed E-state index contributed by atoms with van der Waals surface area (Å²) in [5, 5.41) is 5.05. The van der Waals surface area contributed by atoms with Crippen molar-refractivity contribution in [2.24, 2.45) is 0 Å². The molecule has 0 saturated carbocycles. The summed E-state index contributed by atoms with van der Waals surface area (Å²) in [5.41, 5.74) is 7.51. The van der Waals surface area contributed by atoms with E-state index in [1.165, 1.54) is 11.3 Å². The van der Waals surface area contributed by atoms with Crippen molar-refractivity contribution in [1.29, 1.82) is 0 Å². The van der Waals surface area contributed by atoms with E-state index in [4.69, 9.17) is 17.3 Å². The third kappa shape index (κ3) is 3.08. The van der Waals surface area contributed by atoms with Gasteiger partial charge in [0.05, 0.1) is 10.6 Å². The number of rotatable bonds is 3. The first-order valence-electron chi connectivity index (χ1n) is 6.79. The molecule has 7 heteroatoms. The highest BCUT2D eigenvalue weighted by Gasteiger charge is 2.23. The minimum atomic E-state index is -0.246. The van der Waals surface area contributed by atoms with E-state index in [-0.39, 0.29) is 11.8 Å². The van der Waals surface area contributed by atoms with Crippen LogP contribution >= 0.6 is 22.9 Å². The van der Waals surface area contributed by atoms with Crippen LogP contribution < -0.4 is 16.0 Å². The topological polar surface area (TPSA) is 75.4 Å². The van der Waals surface area contributed by atoms with Crippen molar-refractivity contribution in [3.8, 4) is 0 Å². The first kappa shape index (κ1) is 14.9. The summed E-state index contributed by atoms with van der Waals surface area (Å²) in [5.74, 6) is -0.142. The zero-order valence-corrected chi connectivity index (χ0v) is 13.2. The highest BCUT2D eigenvalue weighted by molar-refractivity contribution is 7.12. The molecule has 114 valence electrons. The van der Waals surface area contributed by atoms with E-state index in [0.29, 0.717) is 34.2 Å². The lowest BCUT2D eigenvalue weighted by atomic mass is 10.2. The summed E-state index contributed by atoms with van der Waals surface area (Å²) in [6, 6.07) is 6.62. The number of hydrogen-bond donors (Lipinski definition) is 2. The Bertz CT molecular complexity index is 724. The van der Waals surface area contributed by atoms with Gasteiger partial charge in [-0.1, -0.05) is 11.6 Å². The number of halogens is 1. The van der Waals surface area contributed by atoms with Gasteiger partial charge in [0.15, 0.2) is 0 Å². The molecular formula is C15H14ClN3O2S. The molecular weight excluding hydrogens is 322 g/mol. The Kier molecular flexibility index (Phi) is 4.04. The van der Waals surface area contributed by atoms with Crippen LogP contribution in [-0.4, -0.2) is 18.4 Å². The van der Waals surface area contributed by atoms with Gasteiger partial charge in [0, 0.05) is 34.7 Å². The van der Waals surface area contributed by atoms with Gasteiger partial charge in [-0.25, -0.2) is 0 Å². The fraction of sp³-hybridized carbons (Fsp3) is 0.200. The quantitative estimate of drug-likeness (QED) is 0.844. The summed E-state index contributed by atoms with van der Waals surface area (Å²) in [4.78, 5) is 26.2.